The first-order valence-electron chi connectivity index (χ1n) is 9.08. The number of hydrogen-bond acceptors (Lipinski definition) is 6. The Morgan fingerprint density at radius 2 is 1.67 bits per heavy atom. The molecule has 1 aromatic carbocycles. The van der Waals surface area contributed by atoms with E-state index < -0.39 is 36.2 Å². The molecule has 0 aliphatic rings. The fourth-order valence-corrected chi connectivity index (χ4v) is 2.64. The van der Waals surface area contributed by atoms with Gasteiger partial charge in [0, 0.05) is 11.4 Å². The lowest BCUT2D eigenvalue weighted by atomic mass is 10.1. The van der Waals surface area contributed by atoms with Crippen LogP contribution in [0.4, 0.5) is 10.1 Å². The lowest BCUT2D eigenvalue weighted by Gasteiger charge is -2.08. The van der Waals surface area contributed by atoms with E-state index in [4.69, 9.17) is 9.47 Å². The van der Waals surface area contributed by atoms with Crippen LogP contribution in [-0.4, -0.2) is 48.5 Å². The van der Waals surface area contributed by atoms with Crippen molar-refractivity contribution in [1.82, 2.24) is 10.3 Å². The number of rotatable bonds is 8. The number of aryl methyl sites for hydroxylation is 1. The third kappa shape index (κ3) is 5.90. The smallest absolute Gasteiger partial charge is 0.355 e. The zero-order valence-electron chi connectivity index (χ0n) is 16.8. The minimum Gasteiger partial charge on any atom is -0.462 e. The lowest BCUT2D eigenvalue weighted by Crippen LogP contribution is -2.35. The maximum Gasteiger partial charge on any atom is 0.355 e. The number of H-pyrrole nitrogens is 1. The van der Waals surface area contributed by atoms with E-state index in [-0.39, 0.29) is 24.4 Å². The molecule has 0 aliphatic carbocycles. The first kappa shape index (κ1) is 22.6. The molecule has 2 rings (SSSR count). The Morgan fingerprint density at radius 1 is 1.00 bits per heavy atom. The maximum atomic E-state index is 12.8. The Morgan fingerprint density at radius 3 is 2.30 bits per heavy atom. The van der Waals surface area contributed by atoms with E-state index in [2.05, 4.69) is 15.6 Å². The third-order valence-corrected chi connectivity index (χ3v) is 4.03. The van der Waals surface area contributed by atoms with E-state index in [0.29, 0.717) is 16.9 Å². The van der Waals surface area contributed by atoms with Crippen molar-refractivity contribution in [2.75, 3.05) is 25.1 Å². The van der Waals surface area contributed by atoms with Gasteiger partial charge in [-0.15, -0.1) is 0 Å². The molecule has 0 aliphatic heterocycles. The molecule has 1 heterocycles. The van der Waals surface area contributed by atoms with Crippen LogP contribution in [0.3, 0.4) is 0 Å². The number of carbonyl (C=O) groups is 4. The fourth-order valence-electron chi connectivity index (χ4n) is 2.64. The quantitative estimate of drug-likeness (QED) is 0.561. The molecule has 1 aromatic heterocycles. The fraction of sp³-hybridized carbons (Fsp3) is 0.300. The molecular weight excluding hydrogens is 397 g/mol. The van der Waals surface area contributed by atoms with Crippen LogP contribution in [0.1, 0.15) is 39.0 Å². The summed E-state index contributed by atoms with van der Waals surface area (Å²) < 4.78 is 22.7. The number of esters is 2. The van der Waals surface area contributed by atoms with E-state index in [1.165, 1.54) is 24.3 Å². The highest BCUT2D eigenvalue weighted by atomic mass is 19.1. The molecule has 10 heteroatoms. The zero-order valence-corrected chi connectivity index (χ0v) is 16.8. The molecule has 0 fully saturated rings. The molecule has 3 N–H and O–H groups in total. The predicted molar refractivity (Wildman–Crippen MR) is 105 cm³/mol. The van der Waals surface area contributed by atoms with Gasteiger partial charge in [-0.3, -0.25) is 9.59 Å². The second kappa shape index (κ2) is 10.2. The van der Waals surface area contributed by atoms with Crippen molar-refractivity contribution in [3.63, 3.8) is 0 Å². The summed E-state index contributed by atoms with van der Waals surface area (Å²) in [5.41, 5.74) is 1.45. The van der Waals surface area contributed by atoms with Gasteiger partial charge in [0.25, 0.3) is 5.91 Å². The van der Waals surface area contributed by atoms with Crippen LogP contribution in [-0.2, 0) is 19.1 Å². The number of carbonyl (C=O) groups excluding carboxylic acids is 4. The normalized spacial score (nSPS) is 10.3. The van der Waals surface area contributed by atoms with Gasteiger partial charge in [-0.2, -0.15) is 0 Å². The molecule has 2 aromatic rings. The number of ether oxygens (including phenoxy) is 2. The molecule has 0 bridgehead atoms. The number of amides is 2. The maximum absolute atomic E-state index is 12.8. The molecule has 0 spiro atoms. The Bertz CT molecular complexity index is 952. The first-order valence-corrected chi connectivity index (χ1v) is 9.08. The van der Waals surface area contributed by atoms with Crippen molar-refractivity contribution in [3.8, 4) is 0 Å². The highest BCUT2D eigenvalue weighted by Gasteiger charge is 2.24. The van der Waals surface area contributed by atoms with Crippen LogP contribution >= 0.6 is 0 Å². The minimum atomic E-state index is -0.822. The molecule has 0 saturated heterocycles. The number of benzene rings is 1. The van der Waals surface area contributed by atoms with E-state index in [1.54, 1.807) is 20.8 Å². The third-order valence-electron chi connectivity index (χ3n) is 4.03. The summed E-state index contributed by atoms with van der Waals surface area (Å²) in [4.78, 5) is 50.6. The lowest BCUT2D eigenvalue weighted by molar-refractivity contribution is -0.126. The van der Waals surface area contributed by atoms with Gasteiger partial charge in [-0.1, -0.05) is 0 Å². The van der Waals surface area contributed by atoms with Crippen molar-refractivity contribution in [2.24, 2.45) is 0 Å². The standard InChI is InChI=1S/C20H22FN3O6/c1-4-29-19(27)17-11(2)18(23-12(17)3)20(28)30-10-16(26)22-9-15(25)24-14-7-5-13(21)6-8-14/h5-8,23H,4,9-10H2,1-3H3,(H,22,26)(H,24,25). The number of halogens is 1. The largest absolute Gasteiger partial charge is 0.462 e. The van der Waals surface area contributed by atoms with Gasteiger partial charge in [-0.05, 0) is 50.6 Å². The van der Waals surface area contributed by atoms with Crippen molar-refractivity contribution in [3.05, 3.63) is 52.6 Å². The summed E-state index contributed by atoms with van der Waals surface area (Å²) in [7, 11) is 0. The SMILES string of the molecule is CCOC(=O)c1c(C)[nH]c(C(=O)OCC(=O)NCC(=O)Nc2ccc(F)cc2)c1C. The highest BCUT2D eigenvalue weighted by Crippen LogP contribution is 2.19. The summed E-state index contributed by atoms with van der Waals surface area (Å²) >= 11 is 0. The Kier molecular flexibility index (Phi) is 7.68. The van der Waals surface area contributed by atoms with Crippen molar-refractivity contribution in [1.29, 1.82) is 0 Å². The Hall–Kier alpha value is -3.69. The van der Waals surface area contributed by atoms with Crippen molar-refractivity contribution < 1.29 is 33.0 Å². The molecule has 0 radical (unpaired) electrons. The Balaban J connectivity index is 1.84. The van der Waals surface area contributed by atoms with Gasteiger partial charge < -0.3 is 25.1 Å². The minimum absolute atomic E-state index is 0.0393. The van der Waals surface area contributed by atoms with Crippen LogP contribution < -0.4 is 10.6 Å². The van der Waals surface area contributed by atoms with E-state index in [0.717, 1.165) is 0 Å². The molecule has 9 nitrogen and oxygen atoms in total. The number of anilines is 1. The molecule has 2 amide bonds. The molecule has 0 saturated carbocycles. The first-order chi connectivity index (χ1) is 14.2. The van der Waals surface area contributed by atoms with Crippen molar-refractivity contribution in [2.45, 2.75) is 20.8 Å². The Labute approximate surface area is 171 Å². The summed E-state index contributed by atoms with van der Waals surface area (Å²) in [6.45, 7) is 4.06. The van der Waals surface area contributed by atoms with Crippen LogP contribution in [0.5, 0.6) is 0 Å². The summed E-state index contributed by atoms with van der Waals surface area (Å²) in [6.07, 6.45) is 0. The molecule has 0 atom stereocenters. The van der Waals surface area contributed by atoms with E-state index in [1.807, 2.05) is 0 Å². The highest BCUT2D eigenvalue weighted by molar-refractivity contribution is 5.99. The van der Waals surface area contributed by atoms with Crippen LogP contribution in [0, 0.1) is 19.7 Å². The number of nitrogens with one attached hydrogen (secondary N) is 3. The average Bonchev–Trinajstić information content (AvgIpc) is 3.00. The average molecular weight is 419 g/mol. The molecular formula is C20H22FN3O6. The van der Waals surface area contributed by atoms with E-state index in [9.17, 15) is 23.6 Å². The molecule has 160 valence electrons. The topological polar surface area (TPSA) is 127 Å². The van der Waals surface area contributed by atoms with Gasteiger partial charge in [-0.25, -0.2) is 14.0 Å². The molecule has 0 unspecified atom stereocenters. The summed E-state index contributed by atoms with van der Waals surface area (Å²) in [5, 5.41) is 4.78. The summed E-state index contributed by atoms with van der Waals surface area (Å²) in [5.74, 6) is -3.05. The monoisotopic (exact) mass is 419 g/mol. The number of aromatic nitrogens is 1. The van der Waals surface area contributed by atoms with E-state index >= 15 is 0 Å². The second-order valence-corrected chi connectivity index (χ2v) is 6.25. The molecule has 30 heavy (non-hydrogen) atoms. The van der Waals surface area contributed by atoms with Crippen LogP contribution in [0.2, 0.25) is 0 Å². The van der Waals surface area contributed by atoms with Crippen molar-refractivity contribution >= 4 is 29.4 Å². The second-order valence-electron chi connectivity index (χ2n) is 6.25. The predicted octanol–water partition coefficient (Wildman–Crippen LogP) is 1.86. The van der Waals surface area contributed by atoms with Gasteiger partial charge >= 0.3 is 11.9 Å². The van der Waals surface area contributed by atoms with Gasteiger partial charge in [0.2, 0.25) is 5.91 Å². The zero-order chi connectivity index (χ0) is 22.3. The van der Waals surface area contributed by atoms with Crippen LogP contribution in [0.15, 0.2) is 24.3 Å². The van der Waals surface area contributed by atoms with Crippen LogP contribution in [0.25, 0.3) is 0 Å². The number of hydrogen-bond donors (Lipinski definition) is 3. The van der Waals surface area contributed by atoms with Gasteiger partial charge in [0.15, 0.2) is 6.61 Å². The number of aromatic amines is 1. The summed E-state index contributed by atoms with van der Waals surface area (Å²) in [6, 6.07) is 5.13. The van der Waals surface area contributed by atoms with Gasteiger partial charge in [0.05, 0.1) is 18.7 Å². The van der Waals surface area contributed by atoms with Gasteiger partial charge in [0.1, 0.15) is 11.5 Å².